The van der Waals surface area contributed by atoms with Crippen molar-refractivity contribution in [3.8, 4) is 5.75 Å². The number of ether oxygens (including phenoxy) is 1. The van der Waals surface area contributed by atoms with Crippen LogP contribution in [0.15, 0.2) is 22.6 Å². The number of urea groups is 1. The fraction of sp³-hybridized carbons (Fsp3) is 0.500. The molecule has 0 unspecified atom stereocenters. The number of nitrogens with zero attached hydrogens (tertiary/aromatic N) is 2. The fourth-order valence-corrected chi connectivity index (χ4v) is 4.11. The number of likely N-dealkylation sites (tertiary alicyclic amines) is 1. The van der Waals surface area contributed by atoms with Gasteiger partial charge in [-0.1, -0.05) is 6.07 Å². The van der Waals surface area contributed by atoms with Crippen molar-refractivity contribution in [2.24, 2.45) is 10.1 Å². The van der Waals surface area contributed by atoms with E-state index < -0.39 is 11.0 Å². The van der Waals surface area contributed by atoms with Gasteiger partial charge >= 0.3 is 6.03 Å². The second-order valence-corrected chi connectivity index (χ2v) is 7.69. The summed E-state index contributed by atoms with van der Waals surface area (Å²) in [5.74, 6) is 0.506. The lowest BCUT2D eigenvalue weighted by atomic mass is 10.0. The zero-order valence-corrected chi connectivity index (χ0v) is 15.5. The van der Waals surface area contributed by atoms with Crippen LogP contribution >= 0.6 is 11.0 Å². The molecule has 2 amide bonds. The largest absolute Gasteiger partial charge is 0.491 e. The summed E-state index contributed by atoms with van der Waals surface area (Å²) < 4.78 is 31.7. The Balaban J connectivity index is 1.75. The molecule has 2 aliphatic rings. The number of fused-ring (bicyclic) bond motifs is 1. The summed E-state index contributed by atoms with van der Waals surface area (Å²) in [5, 5.41) is 2.84. The van der Waals surface area contributed by atoms with Crippen LogP contribution in [0.1, 0.15) is 31.7 Å². The molecule has 1 atom stereocenters. The van der Waals surface area contributed by atoms with Crippen molar-refractivity contribution in [1.82, 2.24) is 10.2 Å². The van der Waals surface area contributed by atoms with Gasteiger partial charge in [0.05, 0.1) is 17.3 Å². The zero-order valence-electron chi connectivity index (χ0n) is 14.6. The third-order valence-electron chi connectivity index (χ3n) is 4.40. The molecular weight excluding hydrogens is 358 g/mol. The van der Waals surface area contributed by atoms with E-state index in [0.717, 1.165) is 19.3 Å². The van der Waals surface area contributed by atoms with Gasteiger partial charge in [0.2, 0.25) is 0 Å². The molecule has 0 radical (unpaired) electrons. The molecular formula is C16H25N5O4S. The number of nitrogens with two attached hydrogens (primary N) is 1. The lowest BCUT2D eigenvalue weighted by Gasteiger charge is -2.36. The maximum atomic E-state index is 12.2. The van der Waals surface area contributed by atoms with Gasteiger partial charge in [0.25, 0.3) is 0 Å². The number of piperidine rings is 1. The van der Waals surface area contributed by atoms with Gasteiger partial charge in [-0.2, -0.15) is 0 Å². The van der Waals surface area contributed by atoms with Crippen molar-refractivity contribution in [3.05, 3.63) is 23.8 Å². The van der Waals surface area contributed by atoms with Crippen molar-refractivity contribution in [2.75, 3.05) is 24.4 Å². The average molecular weight is 383 g/mol. The summed E-state index contributed by atoms with van der Waals surface area (Å²) in [5.41, 5.74) is 6.86. The van der Waals surface area contributed by atoms with E-state index in [1.807, 2.05) is 11.8 Å². The van der Waals surface area contributed by atoms with E-state index in [2.05, 4.69) is 14.4 Å². The molecule has 10 heteroatoms. The van der Waals surface area contributed by atoms with E-state index in [9.17, 15) is 13.9 Å². The first kappa shape index (κ1) is 18.6. The van der Waals surface area contributed by atoms with Gasteiger partial charge in [0, 0.05) is 13.1 Å². The number of amides is 2. The molecule has 1 saturated heterocycles. The Hall–Kier alpha value is -2.17. The standard InChI is InChI=1S/C16H25N5O4S/c1-2-18-16(22)21-9-4-3-6-11(21)10-25-13-8-5-7-12-14(13)15(17)20-26(23,24)19-12/h5,7-8,11,19,23-24H,2-4,6,9-10H2,1H3,(H2,17,20)(H,18,22)/t11-/m0/s1. The molecule has 0 saturated carbocycles. The number of carbonyl (C=O) groups is 1. The molecule has 1 aromatic rings. The Morgan fingerprint density at radius 2 is 2.31 bits per heavy atom. The second kappa shape index (κ2) is 7.60. The third-order valence-corrected chi connectivity index (χ3v) is 5.35. The molecule has 2 heterocycles. The fourth-order valence-electron chi connectivity index (χ4n) is 3.23. The first-order valence-electron chi connectivity index (χ1n) is 8.63. The molecule has 0 aromatic heterocycles. The predicted octanol–water partition coefficient (Wildman–Crippen LogP) is 2.36. The molecule has 9 nitrogen and oxygen atoms in total. The zero-order chi connectivity index (χ0) is 18.7. The van der Waals surface area contributed by atoms with E-state index >= 15 is 0 Å². The molecule has 0 aliphatic carbocycles. The highest BCUT2D eigenvalue weighted by atomic mass is 32.3. The van der Waals surface area contributed by atoms with Gasteiger partial charge in [-0.3, -0.25) is 13.8 Å². The molecule has 0 bridgehead atoms. The van der Waals surface area contributed by atoms with Gasteiger partial charge < -0.3 is 20.7 Å². The molecule has 6 N–H and O–H groups in total. The number of nitrogens with one attached hydrogen (secondary N) is 2. The normalized spacial score (nSPS) is 22.5. The van der Waals surface area contributed by atoms with Crippen molar-refractivity contribution < 1.29 is 18.6 Å². The van der Waals surface area contributed by atoms with Crippen molar-refractivity contribution in [2.45, 2.75) is 32.2 Å². The number of amidine groups is 1. The van der Waals surface area contributed by atoms with Crippen LogP contribution in [0.3, 0.4) is 0 Å². The summed E-state index contributed by atoms with van der Waals surface area (Å²) in [4.78, 5) is 14.0. The van der Waals surface area contributed by atoms with Crippen molar-refractivity contribution in [3.63, 3.8) is 0 Å². The lowest BCUT2D eigenvalue weighted by molar-refractivity contribution is 0.116. The highest BCUT2D eigenvalue weighted by molar-refractivity contribution is 8.24. The Labute approximate surface area is 154 Å². The number of hydrogen-bond acceptors (Lipinski definition) is 7. The van der Waals surface area contributed by atoms with Crippen LogP contribution in [0.2, 0.25) is 0 Å². The van der Waals surface area contributed by atoms with Gasteiger partial charge in [-0.25, -0.2) is 4.79 Å². The summed E-state index contributed by atoms with van der Waals surface area (Å²) >= 11 is 0. The number of hydrogen-bond donors (Lipinski definition) is 5. The first-order valence-corrected chi connectivity index (χ1v) is 10.1. The third kappa shape index (κ3) is 3.97. The predicted molar refractivity (Wildman–Crippen MR) is 103 cm³/mol. The highest BCUT2D eigenvalue weighted by Crippen LogP contribution is 2.46. The van der Waals surface area contributed by atoms with Gasteiger partial charge in [0.1, 0.15) is 12.4 Å². The summed E-state index contributed by atoms with van der Waals surface area (Å²) in [6, 6.07) is 5.06. The van der Waals surface area contributed by atoms with E-state index in [-0.39, 0.29) is 17.9 Å². The minimum Gasteiger partial charge on any atom is -0.491 e. The minimum atomic E-state index is -3.33. The van der Waals surface area contributed by atoms with E-state index in [0.29, 0.717) is 36.7 Å². The smallest absolute Gasteiger partial charge is 0.317 e. The van der Waals surface area contributed by atoms with E-state index in [4.69, 9.17) is 10.5 Å². The van der Waals surface area contributed by atoms with Crippen LogP contribution in [0.25, 0.3) is 0 Å². The monoisotopic (exact) mass is 383 g/mol. The number of carbonyl (C=O) groups excluding carboxylic acids is 1. The minimum absolute atomic E-state index is 0.0126. The maximum Gasteiger partial charge on any atom is 0.317 e. The molecule has 3 rings (SSSR count). The first-order chi connectivity index (χ1) is 12.4. The Kier molecular flexibility index (Phi) is 5.44. The average Bonchev–Trinajstić information content (AvgIpc) is 2.59. The summed E-state index contributed by atoms with van der Waals surface area (Å²) in [6.45, 7) is 3.51. The lowest BCUT2D eigenvalue weighted by Crippen LogP contribution is -2.50. The van der Waals surface area contributed by atoms with Crippen LogP contribution in [0, 0.1) is 0 Å². The Bertz CT molecular complexity index is 712. The Morgan fingerprint density at radius 3 is 3.08 bits per heavy atom. The molecule has 0 spiro atoms. The SMILES string of the molecule is CCNC(=O)N1CCCC[C@H]1COc1cccc2c1C(N)=NS(O)(O)N2. The number of rotatable bonds is 4. The molecule has 2 aliphatic heterocycles. The quantitative estimate of drug-likeness (QED) is 0.542. The summed E-state index contributed by atoms with van der Waals surface area (Å²) in [7, 11) is -3.33. The molecule has 1 fully saturated rings. The van der Waals surface area contributed by atoms with Gasteiger partial charge in [-0.15, -0.1) is 4.40 Å². The highest BCUT2D eigenvalue weighted by Gasteiger charge is 2.29. The molecule has 26 heavy (non-hydrogen) atoms. The van der Waals surface area contributed by atoms with Crippen molar-refractivity contribution in [1.29, 1.82) is 0 Å². The van der Waals surface area contributed by atoms with Crippen LogP contribution < -0.4 is 20.5 Å². The van der Waals surface area contributed by atoms with E-state index in [1.165, 1.54) is 0 Å². The maximum absolute atomic E-state index is 12.2. The Morgan fingerprint density at radius 1 is 1.50 bits per heavy atom. The topological polar surface area (TPSA) is 132 Å². The number of anilines is 1. The molecule has 1 aromatic carbocycles. The van der Waals surface area contributed by atoms with E-state index in [1.54, 1.807) is 18.2 Å². The van der Waals surface area contributed by atoms with Crippen LogP contribution in [0.4, 0.5) is 10.5 Å². The summed E-state index contributed by atoms with van der Waals surface area (Å²) in [6.07, 6.45) is 2.90. The van der Waals surface area contributed by atoms with Crippen LogP contribution in [-0.4, -0.2) is 51.6 Å². The van der Waals surface area contributed by atoms with Gasteiger partial charge in [-0.05, 0) is 49.3 Å². The van der Waals surface area contributed by atoms with Crippen molar-refractivity contribution >= 4 is 28.5 Å². The number of benzene rings is 1. The van der Waals surface area contributed by atoms with Crippen LogP contribution in [0.5, 0.6) is 5.75 Å². The molecule has 144 valence electrons. The second-order valence-electron chi connectivity index (χ2n) is 6.27. The van der Waals surface area contributed by atoms with Gasteiger partial charge in [0.15, 0.2) is 5.84 Å². The van der Waals surface area contributed by atoms with Crippen LogP contribution in [-0.2, 0) is 0 Å².